The van der Waals surface area contributed by atoms with Crippen LogP contribution in [0.3, 0.4) is 0 Å². The molecule has 0 saturated heterocycles. The summed E-state index contributed by atoms with van der Waals surface area (Å²) in [4.78, 5) is 24.8. The highest BCUT2D eigenvalue weighted by atomic mass is 16.5. The maximum atomic E-state index is 11.7. The number of carbonyl (C=O) groups excluding carboxylic acids is 1. The molecule has 0 aliphatic heterocycles. The van der Waals surface area contributed by atoms with Gasteiger partial charge in [0.25, 0.3) is 0 Å². The third-order valence-corrected chi connectivity index (χ3v) is 3.44. The number of aromatic nitrogens is 2. The Morgan fingerprint density at radius 3 is 2.79 bits per heavy atom. The minimum atomic E-state index is -0.843. The molecule has 19 heavy (non-hydrogen) atoms. The summed E-state index contributed by atoms with van der Waals surface area (Å²) in [5.41, 5.74) is -0.843. The lowest BCUT2D eigenvalue weighted by Gasteiger charge is -2.31. The Kier molecular flexibility index (Phi) is 4.36. The van der Waals surface area contributed by atoms with Crippen molar-refractivity contribution in [3.63, 3.8) is 0 Å². The van der Waals surface area contributed by atoms with Crippen LogP contribution in [0.1, 0.15) is 44.3 Å². The van der Waals surface area contributed by atoms with E-state index in [1.807, 2.05) is 0 Å². The van der Waals surface area contributed by atoms with Gasteiger partial charge in [0.15, 0.2) is 5.82 Å². The molecule has 1 aliphatic carbocycles. The number of hydrogen-bond donors (Lipinski definition) is 3. The summed E-state index contributed by atoms with van der Waals surface area (Å²) >= 11 is 0. The molecule has 1 aliphatic rings. The lowest BCUT2D eigenvalue weighted by Crippen LogP contribution is -2.38. The lowest BCUT2D eigenvalue weighted by atomic mass is 9.82. The Bertz CT molecular complexity index is 473. The van der Waals surface area contributed by atoms with Crippen LogP contribution in [0.2, 0.25) is 0 Å². The van der Waals surface area contributed by atoms with E-state index in [4.69, 9.17) is 0 Å². The van der Waals surface area contributed by atoms with Gasteiger partial charge in [0.05, 0.1) is 12.0 Å². The average Bonchev–Trinajstić information content (AvgIpc) is 2.75. The first-order valence-electron chi connectivity index (χ1n) is 6.61. The highest BCUT2D eigenvalue weighted by Crippen LogP contribution is 2.30. The molecule has 3 N–H and O–H groups in total. The summed E-state index contributed by atoms with van der Waals surface area (Å²) in [6.45, 7) is 0.359. The quantitative estimate of drug-likeness (QED) is 0.703. The third-order valence-electron chi connectivity index (χ3n) is 3.44. The Balaban J connectivity index is 1.71. The zero-order valence-electron chi connectivity index (χ0n) is 10.8. The lowest BCUT2D eigenvalue weighted by molar-refractivity contribution is -0.127. The van der Waals surface area contributed by atoms with Gasteiger partial charge in [-0.3, -0.25) is 14.3 Å². The van der Waals surface area contributed by atoms with Crippen LogP contribution in [-0.4, -0.2) is 33.3 Å². The maximum Gasteiger partial charge on any atom is 0.438 e. The number of H-pyrrole nitrogens is 1. The predicted molar refractivity (Wildman–Crippen MR) is 66.5 cm³/mol. The largest absolute Gasteiger partial charge is 0.438 e. The summed E-state index contributed by atoms with van der Waals surface area (Å²) in [6.07, 6.45) is 5.00. The minimum absolute atomic E-state index is 0.141. The molecule has 1 aromatic heterocycles. The summed E-state index contributed by atoms with van der Waals surface area (Å²) < 4.78 is 4.35. The van der Waals surface area contributed by atoms with Crippen molar-refractivity contribution in [1.29, 1.82) is 0 Å². The molecule has 0 aromatic carbocycles. The van der Waals surface area contributed by atoms with Crippen LogP contribution in [0.25, 0.3) is 0 Å². The van der Waals surface area contributed by atoms with Gasteiger partial charge in [0.1, 0.15) is 0 Å². The van der Waals surface area contributed by atoms with Crippen molar-refractivity contribution >= 4 is 5.91 Å². The first-order chi connectivity index (χ1) is 9.07. The van der Waals surface area contributed by atoms with E-state index in [2.05, 4.69) is 20.0 Å². The van der Waals surface area contributed by atoms with E-state index in [0.29, 0.717) is 31.6 Å². The van der Waals surface area contributed by atoms with Gasteiger partial charge in [0.2, 0.25) is 5.91 Å². The summed E-state index contributed by atoms with van der Waals surface area (Å²) in [5, 5.41) is 16.4. The van der Waals surface area contributed by atoms with Crippen molar-refractivity contribution in [1.82, 2.24) is 15.5 Å². The van der Waals surface area contributed by atoms with Crippen LogP contribution in [0, 0.1) is 0 Å². The molecule has 1 amide bonds. The van der Waals surface area contributed by atoms with Crippen LogP contribution in [-0.2, 0) is 11.2 Å². The normalized spacial score (nSPS) is 18.2. The fourth-order valence-electron chi connectivity index (χ4n) is 2.44. The fraction of sp³-hybridized carbons (Fsp3) is 0.750. The molecule has 2 rings (SSSR count). The van der Waals surface area contributed by atoms with Crippen molar-refractivity contribution < 1.29 is 14.4 Å². The van der Waals surface area contributed by atoms with Gasteiger partial charge in [-0.1, -0.05) is 24.4 Å². The van der Waals surface area contributed by atoms with Crippen LogP contribution >= 0.6 is 0 Å². The van der Waals surface area contributed by atoms with E-state index >= 15 is 0 Å². The number of hydrogen-bond acceptors (Lipinski definition) is 5. The van der Waals surface area contributed by atoms with Gasteiger partial charge in [0, 0.05) is 13.0 Å². The molecule has 1 heterocycles. The molecule has 0 bridgehead atoms. The van der Waals surface area contributed by atoms with E-state index in [1.165, 1.54) is 0 Å². The van der Waals surface area contributed by atoms with E-state index in [9.17, 15) is 14.7 Å². The monoisotopic (exact) mass is 269 g/mol. The molecule has 1 fully saturated rings. The second kappa shape index (κ2) is 6.01. The first kappa shape index (κ1) is 13.8. The number of nitrogens with zero attached hydrogens (tertiary/aromatic N) is 1. The van der Waals surface area contributed by atoms with Crippen molar-refractivity contribution in [2.45, 2.75) is 50.5 Å². The minimum Gasteiger partial charge on any atom is -0.389 e. The molecule has 106 valence electrons. The smallest absolute Gasteiger partial charge is 0.389 e. The Hall–Kier alpha value is -1.63. The molecule has 0 atom stereocenters. The van der Waals surface area contributed by atoms with E-state index < -0.39 is 11.4 Å². The van der Waals surface area contributed by atoms with Gasteiger partial charge < -0.3 is 10.4 Å². The van der Waals surface area contributed by atoms with Gasteiger partial charge in [-0.05, 0) is 12.8 Å². The predicted octanol–water partition coefficient (Wildman–Crippen LogP) is 0.107. The fourth-order valence-corrected chi connectivity index (χ4v) is 2.44. The molecule has 7 heteroatoms. The van der Waals surface area contributed by atoms with Crippen LogP contribution in [0.4, 0.5) is 0 Å². The molecule has 0 radical (unpaired) electrons. The molecular formula is C12H19N3O4. The van der Waals surface area contributed by atoms with Crippen molar-refractivity contribution in [3.05, 3.63) is 16.4 Å². The topological polar surface area (TPSA) is 108 Å². The zero-order chi connectivity index (χ0) is 13.7. The molecule has 0 spiro atoms. The average molecular weight is 269 g/mol. The molecular weight excluding hydrogens is 250 g/mol. The number of nitrogens with one attached hydrogen (secondary N) is 2. The number of carbonyl (C=O) groups is 1. The molecule has 1 saturated carbocycles. The Morgan fingerprint density at radius 2 is 2.16 bits per heavy atom. The highest BCUT2D eigenvalue weighted by Gasteiger charge is 2.31. The first-order valence-corrected chi connectivity index (χ1v) is 6.61. The second-order valence-corrected chi connectivity index (χ2v) is 5.10. The van der Waals surface area contributed by atoms with Crippen LogP contribution in [0.15, 0.2) is 9.32 Å². The van der Waals surface area contributed by atoms with Gasteiger partial charge >= 0.3 is 5.76 Å². The summed E-state index contributed by atoms with van der Waals surface area (Å²) in [6, 6.07) is 0. The van der Waals surface area contributed by atoms with Gasteiger partial charge in [-0.15, -0.1) is 0 Å². The van der Waals surface area contributed by atoms with Crippen molar-refractivity contribution in [2.24, 2.45) is 0 Å². The number of aliphatic hydroxyl groups is 1. The van der Waals surface area contributed by atoms with Gasteiger partial charge in [-0.2, -0.15) is 0 Å². The van der Waals surface area contributed by atoms with E-state index in [1.54, 1.807) is 0 Å². The molecule has 0 unspecified atom stereocenters. The molecule has 7 nitrogen and oxygen atoms in total. The summed E-state index contributed by atoms with van der Waals surface area (Å²) in [5.74, 6) is -0.366. The Labute approximate surface area is 110 Å². The SMILES string of the molecule is O=C(CC1(O)CCCCC1)NCCc1noc(=O)[nH]1. The standard InChI is InChI=1S/C12H19N3O4/c16-10(8-12(18)5-2-1-3-6-12)13-7-4-9-14-11(17)19-15-9/h18H,1-8H2,(H,13,16)(H,14,15,17). The van der Waals surface area contributed by atoms with Crippen molar-refractivity contribution in [3.8, 4) is 0 Å². The maximum absolute atomic E-state index is 11.7. The zero-order valence-corrected chi connectivity index (χ0v) is 10.8. The van der Waals surface area contributed by atoms with E-state index in [0.717, 1.165) is 19.3 Å². The van der Waals surface area contributed by atoms with Crippen LogP contribution < -0.4 is 11.1 Å². The molecule has 1 aromatic rings. The highest BCUT2D eigenvalue weighted by molar-refractivity contribution is 5.77. The summed E-state index contributed by atoms with van der Waals surface area (Å²) in [7, 11) is 0. The number of aromatic amines is 1. The van der Waals surface area contributed by atoms with Crippen LogP contribution in [0.5, 0.6) is 0 Å². The van der Waals surface area contributed by atoms with Crippen molar-refractivity contribution in [2.75, 3.05) is 6.54 Å². The third kappa shape index (κ3) is 4.20. The second-order valence-electron chi connectivity index (χ2n) is 5.10. The number of amides is 1. The Morgan fingerprint density at radius 1 is 1.42 bits per heavy atom. The van der Waals surface area contributed by atoms with E-state index in [-0.39, 0.29) is 12.3 Å². The van der Waals surface area contributed by atoms with Gasteiger partial charge in [-0.25, -0.2) is 4.79 Å². The number of rotatable bonds is 5.